The summed E-state index contributed by atoms with van der Waals surface area (Å²) < 4.78 is 7.36. The first kappa shape index (κ1) is 22.4. The molecule has 6 heteroatoms. The van der Waals surface area contributed by atoms with Crippen LogP contribution in [0.4, 0.5) is 0 Å². The Morgan fingerprint density at radius 1 is 1.00 bits per heavy atom. The molecule has 1 amide bonds. The first-order valence-electron chi connectivity index (χ1n) is 11.5. The molecule has 34 heavy (non-hydrogen) atoms. The van der Waals surface area contributed by atoms with Gasteiger partial charge in [-0.1, -0.05) is 41.9 Å². The number of halogens is 1. The second-order valence-electron chi connectivity index (χ2n) is 8.58. The number of amides is 1. The number of para-hydroxylation sites is 1. The van der Waals surface area contributed by atoms with Crippen molar-refractivity contribution in [2.45, 2.75) is 25.3 Å². The second kappa shape index (κ2) is 9.84. The number of nitrogens with zero attached hydrogens (tertiary/aromatic N) is 1. The number of hydrogen-bond donors (Lipinski definition) is 1. The number of rotatable bonds is 5. The monoisotopic (exact) mass is 472 g/mol. The summed E-state index contributed by atoms with van der Waals surface area (Å²) in [6.07, 6.45) is 4.03. The third-order valence-electron chi connectivity index (χ3n) is 6.24. The molecule has 4 aromatic rings. The third-order valence-corrected chi connectivity index (χ3v) is 6.48. The van der Waals surface area contributed by atoms with E-state index in [1.54, 1.807) is 12.1 Å². The molecular formula is C28H25ClN2O3. The summed E-state index contributed by atoms with van der Waals surface area (Å²) in [6, 6.07) is 22.9. The zero-order chi connectivity index (χ0) is 23.5. The van der Waals surface area contributed by atoms with Gasteiger partial charge >= 0.3 is 0 Å². The van der Waals surface area contributed by atoms with Crippen molar-refractivity contribution in [3.63, 3.8) is 0 Å². The lowest BCUT2D eigenvalue weighted by Gasteiger charge is -2.23. The number of aromatic nitrogens is 1. The summed E-state index contributed by atoms with van der Waals surface area (Å²) in [4.78, 5) is 25.9. The van der Waals surface area contributed by atoms with Crippen LogP contribution in [0.5, 0.6) is 0 Å². The van der Waals surface area contributed by atoms with E-state index in [2.05, 4.69) is 5.32 Å². The van der Waals surface area contributed by atoms with Crippen molar-refractivity contribution in [2.75, 3.05) is 13.2 Å². The van der Waals surface area contributed by atoms with Gasteiger partial charge in [-0.3, -0.25) is 9.59 Å². The average Bonchev–Trinajstić information content (AvgIpc) is 2.87. The van der Waals surface area contributed by atoms with Crippen molar-refractivity contribution in [3.05, 3.63) is 111 Å². The van der Waals surface area contributed by atoms with Crippen LogP contribution in [0.2, 0.25) is 5.02 Å². The van der Waals surface area contributed by atoms with Crippen molar-refractivity contribution in [3.8, 4) is 5.69 Å². The molecule has 1 saturated heterocycles. The van der Waals surface area contributed by atoms with E-state index in [1.807, 2.05) is 71.4 Å². The summed E-state index contributed by atoms with van der Waals surface area (Å²) in [7, 11) is 0. The highest BCUT2D eigenvalue weighted by molar-refractivity contribution is 6.31. The van der Waals surface area contributed by atoms with Crippen LogP contribution in [0.3, 0.4) is 0 Å². The Morgan fingerprint density at radius 3 is 2.47 bits per heavy atom. The van der Waals surface area contributed by atoms with Crippen molar-refractivity contribution < 1.29 is 9.53 Å². The molecule has 0 unspecified atom stereocenters. The molecule has 1 aliphatic heterocycles. The quantitative estimate of drug-likeness (QED) is 0.437. The van der Waals surface area contributed by atoms with Gasteiger partial charge in [0.15, 0.2) is 5.43 Å². The van der Waals surface area contributed by atoms with Crippen LogP contribution < -0.4 is 10.7 Å². The van der Waals surface area contributed by atoms with E-state index in [0.717, 1.165) is 29.6 Å². The highest BCUT2D eigenvalue weighted by atomic mass is 35.5. The van der Waals surface area contributed by atoms with Crippen LogP contribution in [0.1, 0.15) is 34.3 Å². The smallest absolute Gasteiger partial charge is 0.251 e. The van der Waals surface area contributed by atoms with Gasteiger partial charge < -0.3 is 14.6 Å². The van der Waals surface area contributed by atoms with Gasteiger partial charge in [-0.15, -0.1) is 0 Å². The molecule has 1 fully saturated rings. The summed E-state index contributed by atoms with van der Waals surface area (Å²) in [5.41, 5.74) is 3.97. The molecule has 3 aromatic carbocycles. The van der Waals surface area contributed by atoms with Crippen LogP contribution in [-0.2, 0) is 11.2 Å². The normalized spacial score (nSPS) is 14.3. The highest BCUT2D eigenvalue weighted by Crippen LogP contribution is 2.22. The number of pyridine rings is 1. The predicted molar refractivity (Wildman–Crippen MR) is 135 cm³/mol. The number of carbonyl (C=O) groups excluding carboxylic acids is 1. The van der Waals surface area contributed by atoms with E-state index in [9.17, 15) is 9.59 Å². The Labute approximate surface area is 202 Å². The molecule has 2 heterocycles. The Morgan fingerprint density at radius 2 is 1.74 bits per heavy atom. The van der Waals surface area contributed by atoms with E-state index in [1.165, 1.54) is 0 Å². The van der Waals surface area contributed by atoms with E-state index >= 15 is 0 Å². The Balaban J connectivity index is 1.43. The lowest BCUT2D eigenvalue weighted by atomic mass is 10.0. The molecular weight excluding hydrogens is 448 g/mol. The molecule has 0 saturated carbocycles. The highest BCUT2D eigenvalue weighted by Gasteiger charge is 2.17. The summed E-state index contributed by atoms with van der Waals surface area (Å²) >= 11 is 6.25. The van der Waals surface area contributed by atoms with Crippen LogP contribution >= 0.6 is 11.6 Å². The number of ether oxygens (including phenoxy) is 1. The lowest BCUT2D eigenvalue weighted by molar-refractivity contribution is 0.0696. The van der Waals surface area contributed by atoms with Gasteiger partial charge in [0.25, 0.3) is 5.91 Å². The third kappa shape index (κ3) is 4.76. The van der Waals surface area contributed by atoms with Gasteiger partial charge in [0.05, 0.1) is 5.52 Å². The molecule has 1 aliphatic rings. The first-order chi connectivity index (χ1) is 16.6. The van der Waals surface area contributed by atoms with Gasteiger partial charge in [-0.05, 0) is 60.9 Å². The molecule has 1 N–H and O–H groups in total. The van der Waals surface area contributed by atoms with E-state index in [4.69, 9.17) is 16.3 Å². The summed E-state index contributed by atoms with van der Waals surface area (Å²) in [5, 5.41) is 4.29. The van der Waals surface area contributed by atoms with Gasteiger partial charge in [0.1, 0.15) is 0 Å². The Hall–Kier alpha value is -3.41. The molecule has 172 valence electrons. The number of hydrogen-bond acceptors (Lipinski definition) is 3. The zero-order valence-electron chi connectivity index (χ0n) is 18.7. The maximum absolute atomic E-state index is 13.3. The minimum absolute atomic E-state index is 0.0137. The van der Waals surface area contributed by atoms with Crippen LogP contribution in [0.15, 0.2) is 83.8 Å². The molecule has 0 aliphatic carbocycles. The zero-order valence-corrected chi connectivity index (χ0v) is 19.4. The fraction of sp³-hybridized carbons (Fsp3) is 0.214. The van der Waals surface area contributed by atoms with Gasteiger partial charge in [0.2, 0.25) is 0 Å². The van der Waals surface area contributed by atoms with Crippen molar-refractivity contribution in [1.29, 1.82) is 0 Å². The molecule has 5 nitrogen and oxygen atoms in total. The first-order valence-corrected chi connectivity index (χ1v) is 11.8. The summed E-state index contributed by atoms with van der Waals surface area (Å²) in [6.45, 7) is 1.37. The van der Waals surface area contributed by atoms with Crippen LogP contribution in [0.25, 0.3) is 16.6 Å². The fourth-order valence-electron chi connectivity index (χ4n) is 4.39. The lowest BCUT2D eigenvalue weighted by Crippen LogP contribution is -2.38. The van der Waals surface area contributed by atoms with Crippen molar-refractivity contribution in [1.82, 2.24) is 9.88 Å². The van der Waals surface area contributed by atoms with Gasteiger partial charge in [-0.25, -0.2) is 0 Å². The number of carbonyl (C=O) groups is 1. The number of benzene rings is 3. The molecule has 5 rings (SSSR count). The maximum Gasteiger partial charge on any atom is 0.251 e. The molecule has 0 atom stereocenters. The molecule has 0 radical (unpaired) electrons. The minimum Gasteiger partial charge on any atom is -0.381 e. The standard InChI is InChI=1S/C28H25ClN2O3/c29-22-10-11-25-26(17-22)31(24-4-2-1-3-5-24)18-21(27(25)32)16-19-6-8-20(9-7-19)28(33)30-23-12-14-34-15-13-23/h1-11,17-18,23H,12-16H2,(H,30,33). The maximum atomic E-state index is 13.3. The molecule has 0 bridgehead atoms. The van der Waals surface area contributed by atoms with Gasteiger partial charge in [-0.2, -0.15) is 0 Å². The Kier molecular flexibility index (Phi) is 6.48. The van der Waals surface area contributed by atoms with Crippen LogP contribution in [0, 0.1) is 0 Å². The van der Waals surface area contributed by atoms with Crippen LogP contribution in [-0.4, -0.2) is 29.7 Å². The predicted octanol–water partition coefficient (Wildman–Crippen LogP) is 5.14. The fourth-order valence-corrected chi connectivity index (χ4v) is 4.55. The average molecular weight is 473 g/mol. The SMILES string of the molecule is O=C(NC1CCOCC1)c1ccc(Cc2cn(-c3ccccc3)c3cc(Cl)ccc3c2=O)cc1. The molecule has 0 spiro atoms. The minimum atomic E-state index is -0.0764. The second-order valence-corrected chi connectivity index (χ2v) is 9.02. The number of fused-ring (bicyclic) bond motifs is 1. The topological polar surface area (TPSA) is 60.3 Å². The number of nitrogens with one attached hydrogen (secondary N) is 1. The van der Waals surface area contributed by atoms with E-state index < -0.39 is 0 Å². The largest absolute Gasteiger partial charge is 0.381 e. The Bertz CT molecular complexity index is 1370. The summed E-state index contributed by atoms with van der Waals surface area (Å²) in [5.74, 6) is -0.0764. The van der Waals surface area contributed by atoms with Gasteiger partial charge in [0, 0.05) is 59.1 Å². The van der Waals surface area contributed by atoms with E-state index in [0.29, 0.717) is 41.2 Å². The van der Waals surface area contributed by atoms with E-state index in [-0.39, 0.29) is 17.4 Å². The van der Waals surface area contributed by atoms with Crippen molar-refractivity contribution >= 4 is 28.4 Å². The van der Waals surface area contributed by atoms with Crippen molar-refractivity contribution in [2.24, 2.45) is 0 Å². The molecule has 1 aromatic heterocycles.